The van der Waals surface area contributed by atoms with Crippen LogP contribution in [0.5, 0.6) is 0 Å². The minimum absolute atomic E-state index is 0.623. The molecule has 0 radical (unpaired) electrons. The van der Waals surface area contributed by atoms with Crippen molar-refractivity contribution >= 4 is 21.8 Å². The Bertz CT molecular complexity index is 2030. The summed E-state index contributed by atoms with van der Waals surface area (Å²) in [5.74, 6) is 0. The third-order valence-electron chi connectivity index (χ3n) is 8.00. The molecule has 194 valence electrons. The van der Waals surface area contributed by atoms with Crippen LogP contribution in [0.4, 0.5) is 0 Å². The summed E-state index contributed by atoms with van der Waals surface area (Å²) in [5.41, 5.74) is 13.2. The van der Waals surface area contributed by atoms with Gasteiger partial charge in [-0.3, -0.25) is 4.98 Å². The van der Waals surface area contributed by atoms with Crippen LogP contribution in [0, 0.1) is 25.2 Å². The van der Waals surface area contributed by atoms with Crippen molar-refractivity contribution in [1.29, 1.82) is 5.26 Å². The van der Waals surface area contributed by atoms with E-state index in [0.29, 0.717) is 5.56 Å². The van der Waals surface area contributed by atoms with Crippen molar-refractivity contribution in [1.82, 2.24) is 9.55 Å². The van der Waals surface area contributed by atoms with Gasteiger partial charge >= 0.3 is 0 Å². The zero-order chi connectivity index (χ0) is 27.9. The summed E-state index contributed by atoms with van der Waals surface area (Å²) < 4.78 is 2.29. The fourth-order valence-electron chi connectivity index (χ4n) is 5.95. The monoisotopic (exact) mass is 525 g/mol. The number of rotatable bonds is 4. The van der Waals surface area contributed by atoms with Crippen molar-refractivity contribution in [3.63, 3.8) is 0 Å². The Balaban J connectivity index is 1.54. The molecule has 0 amide bonds. The van der Waals surface area contributed by atoms with Gasteiger partial charge in [-0.05, 0) is 113 Å². The van der Waals surface area contributed by atoms with Crippen LogP contribution in [0.25, 0.3) is 60.9 Å². The van der Waals surface area contributed by atoms with E-state index in [1.165, 1.54) is 44.2 Å². The molecular formula is C38H27N3. The lowest BCUT2D eigenvalue weighted by Gasteiger charge is -2.12. The molecule has 0 N–H and O–H groups in total. The molecule has 5 aromatic carbocycles. The highest BCUT2D eigenvalue weighted by Crippen LogP contribution is 2.39. The molecule has 2 heterocycles. The second-order valence-electron chi connectivity index (χ2n) is 10.5. The van der Waals surface area contributed by atoms with Gasteiger partial charge in [0, 0.05) is 28.9 Å². The Kier molecular flexibility index (Phi) is 5.95. The highest BCUT2D eigenvalue weighted by Gasteiger charge is 2.17. The van der Waals surface area contributed by atoms with E-state index in [1.807, 2.05) is 24.3 Å². The Labute approximate surface area is 239 Å². The minimum Gasteiger partial charge on any atom is -0.309 e. The lowest BCUT2D eigenvalue weighted by Crippen LogP contribution is -1.96. The molecule has 41 heavy (non-hydrogen) atoms. The number of hydrogen-bond donors (Lipinski definition) is 0. The van der Waals surface area contributed by atoms with E-state index < -0.39 is 0 Å². The van der Waals surface area contributed by atoms with Gasteiger partial charge in [-0.1, -0.05) is 60.7 Å². The quantitative estimate of drug-likeness (QED) is 0.229. The lowest BCUT2D eigenvalue weighted by atomic mass is 9.97. The van der Waals surface area contributed by atoms with Gasteiger partial charge < -0.3 is 4.57 Å². The summed E-state index contributed by atoms with van der Waals surface area (Å²) in [6, 6.07) is 43.0. The third kappa shape index (κ3) is 4.27. The molecule has 0 unspecified atom stereocenters. The summed E-state index contributed by atoms with van der Waals surface area (Å²) in [6.07, 6.45) is 3.57. The molecular weight excluding hydrogens is 498 g/mol. The molecule has 3 heteroatoms. The molecule has 0 aliphatic heterocycles. The second-order valence-corrected chi connectivity index (χ2v) is 10.5. The van der Waals surface area contributed by atoms with Crippen LogP contribution in [-0.2, 0) is 0 Å². The molecule has 0 fully saturated rings. The maximum atomic E-state index is 9.96. The number of benzene rings is 5. The maximum Gasteiger partial charge on any atom is 0.0992 e. The second kappa shape index (κ2) is 9.93. The molecule has 0 saturated carbocycles. The number of hydrogen-bond acceptors (Lipinski definition) is 2. The highest BCUT2D eigenvalue weighted by molar-refractivity contribution is 6.11. The predicted octanol–water partition coefficient (Wildman–Crippen LogP) is 9.67. The van der Waals surface area contributed by atoms with Crippen LogP contribution in [0.3, 0.4) is 0 Å². The van der Waals surface area contributed by atoms with Gasteiger partial charge in [-0.15, -0.1) is 0 Å². The number of aryl methyl sites for hydroxylation is 2. The van der Waals surface area contributed by atoms with E-state index in [9.17, 15) is 5.26 Å². The Morgan fingerprint density at radius 1 is 0.561 bits per heavy atom. The Hall–Kier alpha value is -5.46. The van der Waals surface area contributed by atoms with Gasteiger partial charge in [0.05, 0.1) is 22.7 Å². The van der Waals surface area contributed by atoms with E-state index in [4.69, 9.17) is 0 Å². The van der Waals surface area contributed by atoms with Crippen LogP contribution >= 0.6 is 0 Å². The van der Waals surface area contributed by atoms with Crippen LogP contribution in [0.1, 0.15) is 16.7 Å². The number of nitrogens with zero attached hydrogens (tertiary/aromatic N) is 3. The Morgan fingerprint density at radius 2 is 1.12 bits per heavy atom. The van der Waals surface area contributed by atoms with Gasteiger partial charge in [-0.25, -0.2) is 0 Å². The topological polar surface area (TPSA) is 41.6 Å². The number of aromatic nitrogens is 2. The van der Waals surface area contributed by atoms with Crippen molar-refractivity contribution in [3.8, 4) is 45.1 Å². The van der Waals surface area contributed by atoms with Crippen molar-refractivity contribution in [2.45, 2.75) is 13.8 Å². The van der Waals surface area contributed by atoms with Crippen molar-refractivity contribution in [2.75, 3.05) is 0 Å². The van der Waals surface area contributed by atoms with Crippen LogP contribution in [0.15, 0.2) is 128 Å². The molecule has 0 saturated heterocycles. The highest BCUT2D eigenvalue weighted by atomic mass is 15.0. The standard InChI is InChI=1S/C38H27N3/c1-25-7-3-5-9-33(25)29-11-13-37-35(22-29)36-23-30(34-10-6-4-8-26(34)2)12-14-38(36)41(37)32-20-27(24-39)19-31(21-32)28-15-17-40-18-16-28/h3-23H,1-2H3. The zero-order valence-electron chi connectivity index (χ0n) is 23.0. The SMILES string of the molecule is Cc1ccccc1-c1ccc2c(c1)c1cc(-c3ccccc3C)ccc1n2-c1cc(C#N)cc(-c2ccncc2)c1. The first-order valence-electron chi connectivity index (χ1n) is 13.8. The summed E-state index contributed by atoms with van der Waals surface area (Å²) in [7, 11) is 0. The zero-order valence-corrected chi connectivity index (χ0v) is 23.0. The molecule has 0 atom stereocenters. The first kappa shape index (κ1) is 24.6. The van der Waals surface area contributed by atoms with Crippen LogP contribution in [-0.4, -0.2) is 9.55 Å². The van der Waals surface area contributed by atoms with Crippen molar-refractivity contribution in [2.24, 2.45) is 0 Å². The summed E-state index contributed by atoms with van der Waals surface area (Å²) in [6.45, 7) is 4.32. The maximum absolute atomic E-state index is 9.96. The molecule has 7 rings (SSSR count). The molecule has 7 aromatic rings. The van der Waals surface area contributed by atoms with Gasteiger partial charge in [0.1, 0.15) is 0 Å². The first-order valence-corrected chi connectivity index (χ1v) is 13.8. The van der Waals surface area contributed by atoms with Crippen molar-refractivity contribution in [3.05, 3.63) is 144 Å². The van der Waals surface area contributed by atoms with Gasteiger partial charge in [-0.2, -0.15) is 5.26 Å². The average molecular weight is 526 g/mol. The van der Waals surface area contributed by atoms with Gasteiger partial charge in [0.15, 0.2) is 0 Å². The normalized spacial score (nSPS) is 11.1. The first-order chi connectivity index (χ1) is 20.1. The van der Waals surface area contributed by atoms with E-state index >= 15 is 0 Å². The number of nitriles is 1. The number of pyridine rings is 1. The molecule has 2 aromatic heterocycles. The minimum atomic E-state index is 0.623. The summed E-state index contributed by atoms with van der Waals surface area (Å²) >= 11 is 0. The largest absolute Gasteiger partial charge is 0.309 e. The van der Waals surface area contributed by atoms with Crippen molar-refractivity contribution < 1.29 is 0 Å². The van der Waals surface area contributed by atoms with E-state index in [1.54, 1.807) is 12.4 Å². The summed E-state index contributed by atoms with van der Waals surface area (Å²) in [4.78, 5) is 4.18. The van der Waals surface area contributed by atoms with Crippen LogP contribution < -0.4 is 0 Å². The lowest BCUT2D eigenvalue weighted by molar-refractivity contribution is 1.18. The third-order valence-corrected chi connectivity index (χ3v) is 8.00. The molecule has 0 spiro atoms. The van der Waals surface area contributed by atoms with E-state index in [0.717, 1.165) is 27.8 Å². The van der Waals surface area contributed by atoms with E-state index in [2.05, 4.69) is 120 Å². The predicted molar refractivity (Wildman–Crippen MR) is 169 cm³/mol. The molecule has 0 bridgehead atoms. The van der Waals surface area contributed by atoms with Gasteiger partial charge in [0.2, 0.25) is 0 Å². The van der Waals surface area contributed by atoms with Gasteiger partial charge in [0.25, 0.3) is 0 Å². The van der Waals surface area contributed by atoms with E-state index in [-0.39, 0.29) is 0 Å². The smallest absolute Gasteiger partial charge is 0.0992 e. The molecule has 3 nitrogen and oxygen atoms in total. The molecule has 0 aliphatic rings. The summed E-state index contributed by atoms with van der Waals surface area (Å²) in [5, 5.41) is 12.3. The van der Waals surface area contributed by atoms with Crippen LogP contribution in [0.2, 0.25) is 0 Å². The fraction of sp³-hybridized carbons (Fsp3) is 0.0526. The Morgan fingerprint density at radius 3 is 1.66 bits per heavy atom. The fourth-order valence-corrected chi connectivity index (χ4v) is 5.95. The average Bonchev–Trinajstić information content (AvgIpc) is 3.34. The molecule has 0 aliphatic carbocycles. The number of fused-ring (bicyclic) bond motifs is 3.